The maximum atomic E-state index is 13.4. The van der Waals surface area contributed by atoms with Gasteiger partial charge in [0.05, 0.1) is 5.41 Å². The number of nitrogens with zero attached hydrogens (tertiary/aromatic N) is 3. The van der Waals surface area contributed by atoms with Gasteiger partial charge in [0.15, 0.2) is 0 Å². The number of carboxylic acid groups (broad SMARTS) is 1. The number of likely N-dealkylation sites (tertiary alicyclic amines) is 3. The Hall–Kier alpha value is -2.89. The summed E-state index contributed by atoms with van der Waals surface area (Å²) in [5.74, 6) is -2.28. The van der Waals surface area contributed by atoms with Gasteiger partial charge in [-0.1, -0.05) is 19.9 Å². The SMILES string of the molecule is CC(C)CN1CC2(CCN(C(=O)Nc3cccc(F)c3)CC2)C2(CCN(C)C2=O)C1.O=C(O)C(F)(F)F. The summed E-state index contributed by atoms with van der Waals surface area (Å²) in [6.07, 6.45) is -2.51. The minimum absolute atomic E-state index is 0.0701. The maximum Gasteiger partial charge on any atom is 0.490 e. The second-order valence-corrected chi connectivity index (χ2v) is 10.6. The molecule has 1 unspecified atom stereocenters. The average molecular weight is 531 g/mol. The minimum atomic E-state index is -5.08. The smallest absolute Gasteiger partial charge is 0.475 e. The fourth-order valence-corrected chi connectivity index (χ4v) is 5.94. The largest absolute Gasteiger partial charge is 0.490 e. The van der Waals surface area contributed by atoms with Crippen molar-refractivity contribution in [2.75, 3.05) is 51.6 Å². The van der Waals surface area contributed by atoms with Gasteiger partial charge in [0.2, 0.25) is 5.91 Å². The summed E-state index contributed by atoms with van der Waals surface area (Å²) in [6, 6.07) is 5.76. The molecule has 3 aliphatic heterocycles. The number of benzene rings is 1. The molecule has 0 radical (unpaired) electrons. The zero-order valence-corrected chi connectivity index (χ0v) is 21.3. The number of alkyl halides is 3. The molecule has 3 heterocycles. The topological polar surface area (TPSA) is 93.2 Å². The number of anilines is 1. The molecule has 3 amide bonds. The van der Waals surface area contributed by atoms with Crippen LogP contribution in [-0.2, 0) is 9.59 Å². The van der Waals surface area contributed by atoms with Gasteiger partial charge in [0.1, 0.15) is 5.82 Å². The van der Waals surface area contributed by atoms with E-state index in [9.17, 15) is 27.2 Å². The number of piperidine rings is 1. The number of aliphatic carboxylic acids is 1. The molecule has 8 nitrogen and oxygen atoms in total. The third kappa shape index (κ3) is 6.16. The third-order valence-electron chi connectivity index (χ3n) is 7.61. The first kappa shape index (κ1) is 28.7. The predicted molar refractivity (Wildman–Crippen MR) is 128 cm³/mol. The summed E-state index contributed by atoms with van der Waals surface area (Å²) in [6.45, 7) is 9.28. The summed E-state index contributed by atoms with van der Waals surface area (Å²) in [7, 11) is 1.91. The number of rotatable bonds is 3. The van der Waals surface area contributed by atoms with Crippen LogP contribution in [0.5, 0.6) is 0 Å². The van der Waals surface area contributed by atoms with E-state index in [0.29, 0.717) is 24.7 Å². The van der Waals surface area contributed by atoms with E-state index in [4.69, 9.17) is 9.90 Å². The van der Waals surface area contributed by atoms with Crippen LogP contribution in [0.3, 0.4) is 0 Å². The number of amides is 3. The number of carbonyl (C=O) groups excluding carboxylic acids is 2. The Kier molecular flexibility index (Phi) is 8.40. The summed E-state index contributed by atoms with van der Waals surface area (Å²) in [4.78, 5) is 41.1. The lowest BCUT2D eigenvalue weighted by Gasteiger charge is -2.46. The standard InChI is InChI=1S/C23H33FN4O2.C2HF3O2/c1-17(2)14-27-15-22(23(16-27)9-10-26(3)20(23)29)7-11-28(12-8-22)21(30)25-19-6-4-5-18(24)13-19;3-2(4,5)1(6)7/h4-6,13,17H,7-12,14-16H2,1-3H3,(H,25,30);(H,6,7). The lowest BCUT2D eigenvalue weighted by molar-refractivity contribution is -0.192. The lowest BCUT2D eigenvalue weighted by atomic mass is 9.60. The molecule has 1 aromatic rings. The van der Waals surface area contributed by atoms with E-state index in [1.807, 2.05) is 11.9 Å². The fraction of sp³-hybridized carbons (Fsp3) is 0.640. The van der Waals surface area contributed by atoms with Gasteiger partial charge < -0.3 is 25.1 Å². The van der Waals surface area contributed by atoms with Gasteiger partial charge in [0, 0.05) is 57.4 Å². The van der Waals surface area contributed by atoms with Crippen LogP contribution in [0.4, 0.5) is 28.0 Å². The second-order valence-electron chi connectivity index (χ2n) is 10.6. The monoisotopic (exact) mass is 530 g/mol. The number of urea groups is 1. The van der Waals surface area contributed by atoms with E-state index in [2.05, 4.69) is 24.1 Å². The average Bonchev–Trinajstić information content (AvgIpc) is 3.25. The van der Waals surface area contributed by atoms with Crippen molar-refractivity contribution < 1.29 is 37.1 Å². The molecule has 2 spiro atoms. The van der Waals surface area contributed by atoms with Crippen LogP contribution in [0.25, 0.3) is 0 Å². The Morgan fingerprint density at radius 1 is 1.11 bits per heavy atom. The first-order valence-electron chi connectivity index (χ1n) is 12.3. The Bertz CT molecular complexity index is 1010. The summed E-state index contributed by atoms with van der Waals surface area (Å²) in [5, 5.41) is 9.93. The summed E-state index contributed by atoms with van der Waals surface area (Å²) in [5.41, 5.74) is 0.0783. The molecule has 206 valence electrons. The number of hydrogen-bond donors (Lipinski definition) is 2. The van der Waals surface area contributed by atoms with Crippen molar-refractivity contribution in [3.05, 3.63) is 30.1 Å². The molecule has 3 saturated heterocycles. The summed E-state index contributed by atoms with van der Waals surface area (Å²) < 4.78 is 45.2. The fourth-order valence-electron chi connectivity index (χ4n) is 5.94. The normalized spacial score (nSPS) is 23.5. The molecule has 0 saturated carbocycles. The molecular formula is C25H34F4N4O4. The van der Waals surface area contributed by atoms with Gasteiger partial charge in [-0.05, 0) is 43.4 Å². The Morgan fingerprint density at radius 3 is 2.22 bits per heavy atom. The first-order chi connectivity index (χ1) is 17.2. The zero-order chi connectivity index (χ0) is 27.6. The van der Waals surface area contributed by atoms with Crippen molar-refractivity contribution in [3.8, 4) is 0 Å². The van der Waals surface area contributed by atoms with Crippen LogP contribution in [-0.4, -0.2) is 90.2 Å². The number of carboxylic acids is 1. The molecule has 0 aromatic heterocycles. The van der Waals surface area contributed by atoms with Crippen LogP contribution in [0.1, 0.15) is 33.1 Å². The molecule has 3 aliphatic rings. The van der Waals surface area contributed by atoms with E-state index >= 15 is 0 Å². The second kappa shape index (κ2) is 10.8. The van der Waals surface area contributed by atoms with E-state index in [1.54, 1.807) is 17.0 Å². The molecule has 3 fully saturated rings. The number of hydrogen-bond acceptors (Lipinski definition) is 4. The Labute approximate surface area is 213 Å². The zero-order valence-electron chi connectivity index (χ0n) is 21.3. The predicted octanol–water partition coefficient (Wildman–Crippen LogP) is 3.89. The molecule has 4 rings (SSSR count). The van der Waals surface area contributed by atoms with Crippen LogP contribution in [0, 0.1) is 22.6 Å². The highest BCUT2D eigenvalue weighted by molar-refractivity contribution is 5.89. The summed E-state index contributed by atoms with van der Waals surface area (Å²) >= 11 is 0. The van der Waals surface area contributed by atoms with Crippen LogP contribution in [0.2, 0.25) is 0 Å². The van der Waals surface area contributed by atoms with Crippen molar-refractivity contribution in [1.29, 1.82) is 0 Å². The molecule has 2 N–H and O–H groups in total. The number of carbonyl (C=O) groups is 3. The van der Waals surface area contributed by atoms with Gasteiger partial charge in [-0.3, -0.25) is 4.79 Å². The first-order valence-corrected chi connectivity index (χ1v) is 12.3. The van der Waals surface area contributed by atoms with Gasteiger partial charge >= 0.3 is 18.2 Å². The maximum absolute atomic E-state index is 13.4. The molecular weight excluding hydrogens is 496 g/mol. The number of nitrogens with one attached hydrogen (secondary N) is 1. The molecule has 0 bridgehead atoms. The van der Waals surface area contributed by atoms with Crippen molar-refractivity contribution in [3.63, 3.8) is 0 Å². The lowest BCUT2D eigenvalue weighted by Crippen LogP contribution is -2.54. The van der Waals surface area contributed by atoms with Gasteiger partial charge in [0.25, 0.3) is 0 Å². The number of halogens is 4. The Morgan fingerprint density at radius 2 is 1.73 bits per heavy atom. The quantitative estimate of drug-likeness (QED) is 0.579. The third-order valence-corrected chi connectivity index (χ3v) is 7.61. The van der Waals surface area contributed by atoms with E-state index < -0.39 is 12.1 Å². The highest BCUT2D eigenvalue weighted by atomic mass is 19.4. The molecule has 0 aliphatic carbocycles. The van der Waals surface area contributed by atoms with E-state index in [0.717, 1.165) is 45.4 Å². The van der Waals surface area contributed by atoms with Gasteiger partial charge in [-0.2, -0.15) is 13.2 Å². The van der Waals surface area contributed by atoms with Crippen LogP contribution < -0.4 is 5.32 Å². The molecule has 12 heteroatoms. The van der Waals surface area contributed by atoms with Crippen molar-refractivity contribution in [2.45, 2.75) is 39.3 Å². The van der Waals surface area contributed by atoms with Gasteiger partial charge in [-0.15, -0.1) is 0 Å². The van der Waals surface area contributed by atoms with Crippen molar-refractivity contribution in [1.82, 2.24) is 14.7 Å². The van der Waals surface area contributed by atoms with Crippen LogP contribution >= 0.6 is 0 Å². The molecule has 37 heavy (non-hydrogen) atoms. The minimum Gasteiger partial charge on any atom is -0.475 e. The van der Waals surface area contributed by atoms with E-state index in [1.165, 1.54) is 12.1 Å². The van der Waals surface area contributed by atoms with Gasteiger partial charge in [-0.25, -0.2) is 14.0 Å². The van der Waals surface area contributed by atoms with Crippen molar-refractivity contribution >= 4 is 23.6 Å². The molecule has 1 aromatic carbocycles. The highest BCUT2D eigenvalue weighted by Gasteiger charge is 2.64. The highest BCUT2D eigenvalue weighted by Crippen LogP contribution is 2.57. The molecule has 1 atom stereocenters. The Balaban J connectivity index is 0.000000479. The van der Waals surface area contributed by atoms with Crippen LogP contribution in [0.15, 0.2) is 24.3 Å². The van der Waals surface area contributed by atoms with Crippen molar-refractivity contribution in [2.24, 2.45) is 16.7 Å². The van der Waals surface area contributed by atoms with E-state index in [-0.39, 0.29) is 28.6 Å². The number of fused-ring (bicyclic) bond motifs is 1.